The van der Waals surface area contributed by atoms with Crippen LogP contribution in [0.25, 0.3) is 32.7 Å². The number of nitrogens with zero attached hydrogens (tertiary/aromatic N) is 12. The largest absolute Gasteiger partial charge is 0.492 e. The van der Waals surface area contributed by atoms with Crippen molar-refractivity contribution in [2.24, 2.45) is 10.8 Å². The molecule has 0 aliphatic heterocycles. The highest BCUT2D eigenvalue weighted by Gasteiger charge is 2.16. The molecule has 13 rings (SSSR count). The molecule has 25 nitrogen and oxygen atoms in total. The quantitative estimate of drug-likeness (QED) is 0.00773. The number of fused-ring (bicyclic) bond motifs is 3. The molecule has 566 valence electrons. The molecule has 0 saturated carbocycles. The molecule has 7 N–H and O–H groups in total. The minimum absolute atomic E-state index is 0.00451. The van der Waals surface area contributed by atoms with Gasteiger partial charge in [-0.3, -0.25) is 35.1 Å². The number of aliphatic imine (C=N–C) groups is 1. The Bertz CT molecular complexity index is 5710. The number of nitrogens with two attached hydrogens (primary N) is 1. The van der Waals surface area contributed by atoms with E-state index < -0.39 is 23.3 Å². The first kappa shape index (κ1) is 82.7. The van der Waals surface area contributed by atoms with Crippen LogP contribution in [0.15, 0.2) is 215 Å². The number of nitrogens with one attached hydrogen (secondary N) is 1. The number of nitriles is 5. The van der Waals surface area contributed by atoms with Crippen LogP contribution < -0.4 is 39.7 Å². The highest BCUT2D eigenvalue weighted by atomic mass is 79.9. The second kappa shape index (κ2) is 41.8. The molecule has 0 aliphatic carbocycles. The number of aldehydes is 1. The second-order valence-electron chi connectivity index (χ2n) is 23.1. The first-order valence-corrected chi connectivity index (χ1v) is 35.2. The summed E-state index contributed by atoms with van der Waals surface area (Å²) in [5.41, 5.74) is 6.91. The van der Waals surface area contributed by atoms with E-state index in [0.29, 0.717) is 119 Å². The number of carbonyl (C=O) groups excluding carboxylic acids is 1. The number of ether oxygens (including phenoxy) is 6. The maximum absolute atomic E-state index is 13.4. The van der Waals surface area contributed by atoms with Crippen molar-refractivity contribution < 1.29 is 71.2 Å². The van der Waals surface area contributed by atoms with E-state index >= 15 is 0 Å². The van der Waals surface area contributed by atoms with Gasteiger partial charge in [0.05, 0.1) is 102 Å². The lowest BCUT2D eigenvalue weighted by molar-refractivity contribution is 0.112. The first-order chi connectivity index (χ1) is 54.4. The van der Waals surface area contributed by atoms with Gasteiger partial charge in [0.15, 0.2) is 6.29 Å². The van der Waals surface area contributed by atoms with Gasteiger partial charge in [-0.2, -0.15) is 41.6 Å². The van der Waals surface area contributed by atoms with Crippen molar-refractivity contribution in [3.63, 3.8) is 0 Å². The minimum Gasteiger partial charge on any atom is -0.492 e. The van der Waals surface area contributed by atoms with Crippen molar-refractivity contribution in [3.05, 3.63) is 272 Å². The van der Waals surface area contributed by atoms with E-state index in [9.17, 15) is 38.0 Å². The first-order valence-electron chi connectivity index (χ1n) is 33.6. The van der Waals surface area contributed by atoms with Crippen LogP contribution in [0.5, 0.6) is 63.2 Å². The fraction of sp³-hybridized carbons (Fsp3) is 0.136. The Morgan fingerprint density at radius 1 is 0.429 bits per heavy atom. The molecule has 112 heavy (non-hydrogen) atoms. The van der Waals surface area contributed by atoms with Gasteiger partial charge < -0.3 is 48.8 Å². The van der Waals surface area contributed by atoms with Gasteiger partial charge in [-0.15, -0.1) is 0 Å². The van der Waals surface area contributed by atoms with Gasteiger partial charge in [0, 0.05) is 68.2 Å². The Morgan fingerprint density at radius 2 is 0.768 bits per heavy atom. The molecule has 31 heteroatoms. The summed E-state index contributed by atoms with van der Waals surface area (Å²) >= 11 is 6.65. The molecule has 0 atom stereocenters. The molecule has 0 amide bonds. The summed E-state index contributed by atoms with van der Waals surface area (Å²) < 4.78 is 93.9. The van der Waals surface area contributed by atoms with Gasteiger partial charge in [0.25, 0.3) is 0 Å². The number of hydrogen-bond acceptors (Lipinski definition) is 22. The summed E-state index contributed by atoms with van der Waals surface area (Å²) in [5.74, 6) is 7.25. The number of hydrazine groups is 1. The number of carbonyl (C=O) groups is 1. The molecule has 0 spiro atoms. The zero-order valence-electron chi connectivity index (χ0n) is 58.8. The third-order valence-corrected chi connectivity index (χ3v) is 16.9. The molecule has 3 heterocycles. The van der Waals surface area contributed by atoms with Gasteiger partial charge in [-0.25, -0.2) is 17.6 Å². The van der Waals surface area contributed by atoms with E-state index in [0.717, 1.165) is 67.0 Å². The standard InChI is InChI=1S/C32H23FN6O4.C17H14BrFN2O2.C16H12FN3O2.C14H7BrFNO2.C2H8N2O/c33-25-1-7-31(21(13-25)17-34)42-27-3-6-30-24(16-27)20-37-39(30)10-12-41-26-4-8-32(22(14-26)18-35)43-28-2-5-29-23(15-28)19-36-38(29)9-11-40;18-16-4-3-15(9-13(16)11-21-6-1-7-22)23-17-5-2-14(19)8-12(17)10-20;17-13-1-4-16(11(7-13)9-18)22-14-2-3-15-12(8-14)10-19-20(15)5-6-21;15-13-3-2-12(6-10(13)8-18)19-14-4-1-11(16)5-9(14)7-17;3-4-1-2-5/h1-8,13-16,19-20,40H,9-12H2;2-5,8-9,11,22H,1,6-7H2;1-4,7-8,10,21H,5-6H2;1-6,8H;4-5H,1-3H2. The lowest BCUT2D eigenvalue weighted by Crippen LogP contribution is -2.24. The molecule has 0 radical (unpaired) electrons. The van der Waals surface area contributed by atoms with Gasteiger partial charge in [-0.05, 0) is 182 Å². The van der Waals surface area contributed by atoms with Gasteiger partial charge in [0.1, 0.15) is 123 Å². The molecular formula is C81H64Br2F4N14O11. The fourth-order valence-corrected chi connectivity index (χ4v) is 10.9. The summed E-state index contributed by atoms with van der Waals surface area (Å²) in [4.78, 5) is 15.0. The number of aliphatic hydroxyl groups excluding tert-OH is 4. The van der Waals surface area contributed by atoms with Gasteiger partial charge in [-0.1, -0.05) is 31.9 Å². The van der Waals surface area contributed by atoms with E-state index in [1.807, 2.05) is 48.5 Å². The van der Waals surface area contributed by atoms with Gasteiger partial charge in [0.2, 0.25) is 0 Å². The lowest BCUT2D eigenvalue weighted by atomic mass is 10.2. The Hall–Kier alpha value is -13.4. The molecule has 13 aromatic rings. The van der Waals surface area contributed by atoms with Crippen LogP contribution in [0, 0.1) is 79.9 Å². The maximum Gasteiger partial charge on any atom is 0.151 e. The Kier molecular flexibility index (Phi) is 30.9. The molecule has 0 aliphatic rings. The van der Waals surface area contributed by atoms with Crippen LogP contribution in [0.3, 0.4) is 0 Å². The molecular weight excluding hydrogens is 1580 g/mol. The number of hydrogen-bond donors (Lipinski definition) is 6. The third-order valence-electron chi connectivity index (χ3n) is 15.5. The Labute approximate surface area is 654 Å². The van der Waals surface area contributed by atoms with E-state index in [-0.39, 0.29) is 60.2 Å². The smallest absolute Gasteiger partial charge is 0.151 e. The molecule has 0 bridgehead atoms. The third kappa shape index (κ3) is 23.1. The predicted octanol–water partition coefficient (Wildman–Crippen LogP) is 15.3. The lowest BCUT2D eigenvalue weighted by Gasteiger charge is -2.11. The van der Waals surface area contributed by atoms with E-state index in [1.165, 1.54) is 54.6 Å². The summed E-state index contributed by atoms with van der Waals surface area (Å²) in [6.45, 7) is 2.79. The van der Waals surface area contributed by atoms with Gasteiger partial charge >= 0.3 is 0 Å². The van der Waals surface area contributed by atoms with Crippen LogP contribution in [-0.4, -0.2) is 108 Å². The van der Waals surface area contributed by atoms with E-state index in [4.69, 9.17) is 65.4 Å². The summed E-state index contributed by atoms with van der Waals surface area (Å²) in [5, 5.41) is 96.2. The Morgan fingerprint density at radius 3 is 1.12 bits per heavy atom. The molecule has 3 aromatic heterocycles. The Balaban J connectivity index is 0.000000178. The van der Waals surface area contributed by atoms with Crippen molar-refractivity contribution in [1.82, 2.24) is 34.8 Å². The van der Waals surface area contributed by atoms with Crippen molar-refractivity contribution >= 4 is 77.1 Å². The average Bonchev–Trinajstić information content (AvgIpc) is 1.65. The van der Waals surface area contributed by atoms with Crippen LogP contribution in [0.4, 0.5) is 17.6 Å². The fourth-order valence-electron chi connectivity index (χ4n) is 10.2. The molecule has 0 unspecified atom stereocenters. The number of halogens is 6. The number of rotatable bonds is 25. The maximum atomic E-state index is 13.4. The SMILES string of the molecule is N#Cc1cc(F)ccc1Oc1ccc(Br)c(C=NCCCO)c1.N#Cc1cc(F)ccc1Oc1ccc(Br)c(C=O)c1.N#Cc1cc(F)ccc1Oc1ccc2c(cnn2CCO)c1.N#Cc1cc(F)ccc1Oc1ccc2c(cnn2CCOc2ccc(Oc3ccc4c(cnn4CCO)c3)c(C#N)c2)c1.NNCCO. The predicted molar refractivity (Wildman–Crippen MR) is 412 cm³/mol. The monoisotopic (exact) mass is 1640 g/mol. The number of aromatic nitrogens is 6. The number of benzene rings is 10. The molecule has 10 aromatic carbocycles. The minimum atomic E-state index is -0.506. The highest BCUT2D eigenvalue weighted by Crippen LogP contribution is 2.35. The van der Waals surface area contributed by atoms with E-state index in [1.54, 1.807) is 118 Å². The molecule has 0 fully saturated rings. The van der Waals surface area contributed by atoms with E-state index in [2.05, 4.69) is 63.6 Å². The van der Waals surface area contributed by atoms with Crippen molar-refractivity contribution in [2.75, 3.05) is 46.1 Å². The zero-order valence-corrected chi connectivity index (χ0v) is 62.0. The van der Waals surface area contributed by atoms with Crippen LogP contribution in [-0.2, 0) is 19.6 Å². The zero-order chi connectivity index (χ0) is 79.9. The summed E-state index contributed by atoms with van der Waals surface area (Å²) in [6.07, 6.45) is 8.05. The van der Waals surface area contributed by atoms with Crippen LogP contribution in [0.1, 0.15) is 50.2 Å². The average molecular weight is 1650 g/mol. The van der Waals surface area contributed by atoms with Crippen LogP contribution >= 0.6 is 31.9 Å². The highest BCUT2D eigenvalue weighted by molar-refractivity contribution is 9.10. The second-order valence-corrected chi connectivity index (χ2v) is 24.8. The van der Waals surface area contributed by atoms with Crippen LogP contribution in [0.2, 0.25) is 0 Å². The van der Waals surface area contributed by atoms with Crippen molar-refractivity contribution in [1.29, 1.82) is 26.3 Å². The topological polar surface area (TPSA) is 376 Å². The van der Waals surface area contributed by atoms with Crippen molar-refractivity contribution in [2.45, 2.75) is 26.1 Å². The molecule has 0 saturated heterocycles. The number of aliphatic hydroxyl groups is 4. The van der Waals surface area contributed by atoms with Crippen molar-refractivity contribution in [3.8, 4) is 93.6 Å². The summed E-state index contributed by atoms with van der Waals surface area (Å²) in [7, 11) is 0. The normalized spacial score (nSPS) is 10.5. The summed E-state index contributed by atoms with van der Waals surface area (Å²) in [6, 6.07) is 56.2.